The number of rotatable bonds is 3. The van der Waals surface area contributed by atoms with Gasteiger partial charge in [0.25, 0.3) is 0 Å². The van der Waals surface area contributed by atoms with E-state index in [1.807, 2.05) is 59.5 Å². The van der Waals surface area contributed by atoms with Crippen molar-refractivity contribution in [3.63, 3.8) is 0 Å². The van der Waals surface area contributed by atoms with Gasteiger partial charge in [0.1, 0.15) is 11.5 Å². The van der Waals surface area contributed by atoms with Gasteiger partial charge in [0, 0.05) is 18.8 Å². The Morgan fingerprint density at radius 3 is 2.42 bits per heavy atom. The average molecular weight is 322 g/mol. The number of carbonyl (C=O) groups is 1. The van der Waals surface area contributed by atoms with Crippen molar-refractivity contribution in [2.24, 2.45) is 5.41 Å². The van der Waals surface area contributed by atoms with Crippen LogP contribution in [0.15, 0.2) is 54.6 Å². The van der Waals surface area contributed by atoms with Gasteiger partial charge < -0.3 is 15.0 Å². The Morgan fingerprint density at radius 1 is 0.958 bits per heavy atom. The monoisotopic (exact) mass is 322 g/mol. The third-order valence-corrected chi connectivity index (χ3v) is 5.11. The van der Waals surface area contributed by atoms with Crippen molar-refractivity contribution < 1.29 is 9.53 Å². The number of hydrogen-bond donors (Lipinski definition) is 1. The van der Waals surface area contributed by atoms with E-state index in [-0.39, 0.29) is 11.3 Å². The quantitative estimate of drug-likeness (QED) is 0.939. The van der Waals surface area contributed by atoms with Crippen LogP contribution in [0, 0.1) is 5.41 Å². The Hall–Kier alpha value is -2.33. The highest BCUT2D eigenvalue weighted by atomic mass is 16.5. The molecule has 1 N–H and O–H groups in total. The molecule has 0 saturated carbocycles. The summed E-state index contributed by atoms with van der Waals surface area (Å²) in [6, 6.07) is 17.5. The van der Waals surface area contributed by atoms with Gasteiger partial charge in [-0.2, -0.15) is 0 Å². The second-order valence-electron chi connectivity index (χ2n) is 6.68. The van der Waals surface area contributed by atoms with Crippen LogP contribution in [0.3, 0.4) is 0 Å². The highest BCUT2D eigenvalue weighted by Crippen LogP contribution is 2.40. The summed E-state index contributed by atoms with van der Waals surface area (Å²) >= 11 is 0. The first-order valence-electron chi connectivity index (χ1n) is 8.63. The van der Waals surface area contributed by atoms with Crippen LogP contribution in [-0.4, -0.2) is 25.5 Å². The molecule has 1 atom stereocenters. The zero-order chi connectivity index (χ0) is 16.4. The molecule has 0 radical (unpaired) electrons. The van der Waals surface area contributed by atoms with Gasteiger partial charge in [0.05, 0.1) is 5.41 Å². The molecule has 0 aromatic heterocycles. The van der Waals surface area contributed by atoms with E-state index in [1.165, 1.54) is 0 Å². The molecule has 1 spiro atoms. The molecule has 2 aliphatic heterocycles. The van der Waals surface area contributed by atoms with Gasteiger partial charge in [-0.05, 0) is 62.2 Å². The van der Waals surface area contributed by atoms with E-state index < -0.39 is 0 Å². The SMILES string of the molecule is O=C1N(c2ccc(Oc3ccccc3)cc2)CCC12CCCNC2. The van der Waals surface area contributed by atoms with Gasteiger partial charge in [-0.15, -0.1) is 0 Å². The second kappa shape index (κ2) is 6.29. The minimum absolute atomic E-state index is 0.183. The van der Waals surface area contributed by atoms with Gasteiger partial charge in [-0.3, -0.25) is 4.79 Å². The minimum Gasteiger partial charge on any atom is -0.457 e. The van der Waals surface area contributed by atoms with Crippen molar-refractivity contribution in [2.75, 3.05) is 24.5 Å². The van der Waals surface area contributed by atoms with Crippen molar-refractivity contribution in [3.05, 3.63) is 54.6 Å². The first kappa shape index (κ1) is 15.2. The zero-order valence-corrected chi connectivity index (χ0v) is 13.7. The van der Waals surface area contributed by atoms with Gasteiger partial charge in [0.2, 0.25) is 5.91 Å². The number of nitrogens with one attached hydrogen (secondary N) is 1. The number of carbonyl (C=O) groups excluding carboxylic acids is 1. The molecule has 0 aliphatic carbocycles. The lowest BCUT2D eigenvalue weighted by atomic mass is 9.79. The summed E-state index contributed by atoms with van der Waals surface area (Å²) in [5, 5.41) is 3.39. The normalized spacial score (nSPS) is 23.7. The number of para-hydroxylation sites is 1. The molecular formula is C20H22N2O2. The topological polar surface area (TPSA) is 41.6 Å². The number of benzene rings is 2. The summed E-state index contributed by atoms with van der Waals surface area (Å²) < 4.78 is 5.82. The summed E-state index contributed by atoms with van der Waals surface area (Å²) in [5.41, 5.74) is 0.778. The summed E-state index contributed by atoms with van der Waals surface area (Å²) in [7, 11) is 0. The Labute approximate surface area is 142 Å². The standard InChI is InChI=1S/C20H22N2O2/c23-19-20(11-4-13-21-15-20)12-14-22(19)16-7-9-18(10-8-16)24-17-5-2-1-3-6-17/h1-3,5-10,21H,4,11-15H2. The van der Waals surface area contributed by atoms with Crippen molar-refractivity contribution >= 4 is 11.6 Å². The average Bonchev–Trinajstić information content (AvgIpc) is 2.94. The molecule has 24 heavy (non-hydrogen) atoms. The first-order valence-corrected chi connectivity index (χ1v) is 8.63. The van der Waals surface area contributed by atoms with Crippen molar-refractivity contribution in [1.82, 2.24) is 5.32 Å². The van der Waals surface area contributed by atoms with Crippen molar-refractivity contribution in [2.45, 2.75) is 19.3 Å². The molecule has 4 rings (SSSR count). The number of ether oxygens (including phenoxy) is 1. The molecule has 1 unspecified atom stereocenters. The lowest BCUT2D eigenvalue weighted by Gasteiger charge is -2.32. The van der Waals surface area contributed by atoms with Gasteiger partial charge in [0.15, 0.2) is 0 Å². The Kier molecular flexibility index (Phi) is 3.98. The van der Waals surface area contributed by atoms with Gasteiger partial charge in [-0.25, -0.2) is 0 Å². The Morgan fingerprint density at radius 2 is 1.71 bits per heavy atom. The number of piperidine rings is 1. The molecule has 2 aromatic rings. The lowest BCUT2D eigenvalue weighted by Crippen LogP contribution is -2.45. The molecule has 2 heterocycles. The molecule has 2 saturated heterocycles. The lowest BCUT2D eigenvalue weighted by molar-refractivity contribution is -0.126. The maximum Gasteiger partial charge on any atom is 0.234 e. The van der Waals surface area contributed by atoms with Crippen LogP contribution in [0.5, 0.6) is 11.5 Å². The number of hydrogen-bond acceptors (Lipinski definition) is 3. The van der Waals surface area contributed by atoms with Gasteiger partial charge in [-0.1, -0.05) is 18.2 Å². The summed E-state index contributed by atoms with van der Waals surface area (Å²) in [6.45, 7) is 2.65. The molecular weight excluding hydrogens is 300 g/mol. The van der Waals surface area contributed by atoms with Crippen molar-refractivity contribution in [3.8, 4) is 11.5 Å². The number of nitrogens with zero attached hydrogens (tertiary/aromatic N) is 1. The molecule has 0 bridgehead atoms. The summed E-state index contributed by atoms with van der Waals surface area (Å²) in [4.78, 5) is 14.8. The van der Waals surface area contributed by atoms with E-state index >= 15 is 0 Å². The van der Waals surface area contributed by atoms with Crippen molar-refractivity contribution in [1.29, 1.82) is 0 Å². The zero-order valence-electron chi connectivity index (χ0n) is 13.7. The maximum atomic E-state index is 12.9. The number of amides is 1. The molecule has 2 fully saturated rings. The van der Waals surface area contributed by atoms with E-state index in [0.717, 1.165) is 56.1 Å². The molecule has 2 aromatic carbocycles. The van der Waals surface area contributed by atoms with E-state index in [4.69, 9.17) is 4.74 Å². The summed E-state index contributed by atoms with van der Waals surface area (Å²) in [5.74, 6) is 1.87. The van der Waals surface area contributed by atoms with E-state index in [1.54, 1.807) is 0 Å². The van der Waals surface area contributed by atoms with Crippen LogP contribution in [0.2, 0.25) is 0 Å². The van der Waals surface area contributed by atoms with E-state index in [9.17, 15) is 4.79 Å². The van der Waals surface area contributed by atoms with Crippen LogP contribution < -0.4 is 15.0 Å². The first-order chi connectivity index (χ1) is 11.8. The van der Waals surface area contributed by atoms with Crippen LogP contribution >= 0.6 is 0 Å². The molecule has 4 heteroatoms. The molecule has 4 nitrogen and oxygen atoms in total. The van der Waals surface area contributed by atoms with Crippen LogP contribution in [-0.2, 0) is 4.79 Å². The highest BCUT2D eigenvalue weighted by molar-refractivity contribution is 6.00. The third-order valence-electron chi connectivity index (χ3n) is 5.11. The highest BCUT2D eigenvalue weighted by Gasteiger charge is 2.47. The van der Waals surface area contributed by atoms with Crippen LogP contribution in [0.1, 0.15) is 19.3 Å². The number of anilines is 1. The predicted molar refractivity (Wildman–Crippen MR) is 94.5 cm³/mol. The molecule has 124 valence electrons. The van der Waals surface area contributed by atoms with E-state index in [0.29, 0.717) is 0 Å². The van der Waals surface area contributed by atoms with Gasteiger partial charge >= 0.3 is 0 Å². The Balaban J connectivity index is 1.48. The third kappa shape index (κ3) is 2.78. The van der Waals surface area contributed by atoms with Crippen LogP contribution in [0.4, 0.5) is 5.69 Å². The Bertz CT molecular complexity index is 706. The fourth-order valence-electron chi connectivity index (χ4n) is 3.75. The smallest absolute Gasteiger partial charge is 0.234 e. The fraction of sp³-hybridized carbons (Fsp3) is 0.350. The largest absolute Gasteiger partial charge is 0.457 e. The molecule has 1 amide bonds. The predicted octanol–water partition coefficient (Wildman–Crippen LogP) is 3.59. The minimum atomic E-state index is -0.183. The van der Waals surface area contributed by atoms with E-state index in [2.05, 4.69) is 5.32 Å². The summed E-state index contributed by atoms with van der Waals surface area (Å²) in [6.07, 6.45) is 3.04. The van der Waals surface area contributed by atoms with Crippen LogP contribution in [0.25, 0.3) is 0 Å². The molecule has 2 aliphatic rings. The second-order valence-corrected chi connectivity index (χ2v) is 6.68. The fourth-order valence-corrected chi connectivity index (χ4v) is 3.75. The maximum absolute atomic E-state index is 12.9.